The van der Waals surface area contributed by atoms with Crippen LogP contribution in [0.4, 0.5) is 13.2 Å². The monoisotopic (exact) mass is 542 g/mol. The fraction of sp³-hybridized carbons (Fsp3) is 0.423. The molecule has 0 spiro atoms. The third-order valence-corrected chi connectivity index (χ3v) is 6.77. The summed E-state index contributed by atoms with van der Waals surface area (Å²) in [4.78, 5) is 23.1. The number of likely N-dealkylation sites (tertiary alicyclic amines) is 1. The number of halogens is 5. The maximum absolute atomic E-state index is 12.9. The fourth-order valence-corrected chi connectivity index (χ4v) is 4.97. The SMILES string of the molecule is C=CC(=NC(=C)C)c1ccn(CCCCN2CC3C[C@]3(c3ccc(C(F)(F)F)cc3)C2)c(=O)n1.Cl.Cl. The van der Waals surface area contributed by atoms with E-state index in [1.807, 2.05) is 0 Å². The van der Waals surface area contributed by atoms with Gasteiger partial charge in [0.1, 0.15) is 0 Å². The van der Waals surface area contributed by atoms with Crippen molar-refractivity contribution in [3.63, 3.8) is 0 Å². The van der Waals surface area contributed by atoms with Crippen molar-refractivity contribution in [1.82, 2.24) is 14.5 Å². The molecule has 2 heterocycles. The molecule has 1 unspecified atom stereocenters. The summed E-state index contributed by atoms with van der Waals surface area (Å²) in [7, 11) is 0. The van der Waals surface area contributed by atoms with Gasteiger partial charge in [0.2, 0.25) is 0 Å². The molecule has 4 rings (SSSR count). The van der Waals surface area contributed by atoms with Crippen molar-refractivity contribution in [3.8, 4) is 0 Å². The Morgan fingerprint density at radius 1 is 1.19 bits per heavy atom. The Bertz CT molecular complexity index is 1180. The van der Waals surface area contributed by atoms with E-state index in [-0.39, 0.29) is 35.9 Å². The number of aliphatic imine (C=N–C) groups is 1. The molecule has 1 saturated carbocycles. The molecule has 0 bridgehead atoms. The van der Waals surface area contributed by atoms with Gasteiger partial charge in [-0.3, -0.25) is 9.56 Å². The molecule has 5 nitrogen and oxygen atoms in total. The number of hydrogen-bond donors (Lipinski definition) is 0. The summed E-state index contributed by atoms with van der Waals surface area (Å²) in [5.74, 6) is 0.517. The summed E-state index contributed by atoms with van der Waals surface area (Å²) >= 11 is 0. The number of unbranched alkanes of at least 4 members (excludes halogenated alkanes) is 1. The Labute approximate surface area is 221 Å². The van der Waals surface area contributed by atoms with Gasteiger partial charge in [0.15, 0.2) is 0 Å². The molecule has 0 radical (unpaired) electrons. The molecule has 0 N–H and O–H groups in total. The minimum absolute atomic E-state index is 0. The minimum Gasteiger partial charge on any atom is -0.302 e. The van der Waals surface area contributed by atoms with E-state index in [9.17, 15) is 18.0 Å². The molecule has 36 heavy (non-hydrogen) atoms. The zero-order valence-corrected chi connectivity index (χ0v) is 21.8. The van der Waals surface area contributed by atoms with E-state index in [0.717, 1.165) is 44.5 Å². The van der Waals surface area contributed by atoms with Gasteiger partial charge in [0.25, 0.3) is 0 Å². The Morgan fingerprint density at radius 2 is 1.86 bits per heavy atom. The molecular formula is C26H31Cl2F3N4O. The molecule has 196 valence electrons. The number of allylic oxidation sites excluding steroid dienone is 2. The van der Waals surface area contributed by atoms with Gasteiger partial charge in [-0.05, 0) is 68.5 Å². The lowest BCUT2D eigenvalue weighted by molar-refractivity contribution is -0.137. The molecule has 1 aromatic heterocycles. The Hall–Kier alpha value is -2.42. The number of nitrogens with zero attached hydrogens (tertiary/aromatic N) is 4. The zero-order valence-electron chi connectivity index (χ0n) is 20.1. The third-order valence-electron chi connectivity index (χ3n) is 6.77. The van der Waals surface area contributed by atoms with Gasteiger partial charge in [-0.1, -0.05) is 25.3 Å². The summed E-state index contributed by atoms with van der Waals surface area (Å²) in [6.45, 7) is 12.6. The topological polar surface area (TPSA) is 50.5 Å². The highest BCUT2D eigenvalue weighted by molar-refractivity contribution is 6.07. The minimum atomic E-state index is -4.30. The standard InChI is InChI=1S/C26H29F3N4O.2ClH/c1-4-22(30-18(2)3)23-11-14-33(24(34)31-23)13-6-5-12-32-16-21-15-25(21,17-32)19-7-9-20(10-8-19)26(27,28)29;;/h4,7-11,14,21H,1-2,5-6,12-13,15-17H2,3H3;2*1H/t21?,25-;;/m1../s1. The van der Waals surface area contributed by atoms with Crippen molar-refractivity contribution < 1.29 is 13.2 Å². The molecule has 1 saturated heterocycles. The highest BCUT2D eigenvalue weighted by atomic mass is 35.5. The lowest BCUT2D eigenvalue weighted by Gasteiger charge is -2.21. The lowest BCUT2D eigenvalue weighted by Crippen LogP contribution is -2.28. The first-order valence-corrected chi connectivity index (χ1v) is 11.5. The lowest BCUT2D eigenvalue weighted by atomic mass is 9.94. The van der Waals surface area contributed by atoms with Crippen molar-refractivity contribution in [2.75, 3.05) is 19.6 Å². The van der Waals surface area contributed by atoms with Crippen LogP contribution in [0.25, 0.3) is 0 Å². The van der Waals surface area contributed by atoms with Crippen molar-refractivity contribution in [1.29, 1.82) is 0 Å². The first-order chi connectivity index (χ1) is 16.1. The first kappa shape index (κ1) is 29.8. The summed E-state index contributed by atoms with van der Waals surface area (Å²) in [6, 6.07) is 7.44. The third kappa shape index (κ3) is 6.47. The van der Waals surface area contributed by atoms with Gasteiger partial charge in [0.05, 0.1) is 17.0 Å². The van der Waals surface area contributed by atoms with E-state index in [1.54, 1.807) is 42.0 Å². The van der Waals surface area contributed by atoms with Crippen LogP contribution >= 0.6 is 24.8 Å². The summed E-state index contributed by atoms with van der Waals surface area (Å²) in [6.07, 6.45) is 1.79. The molecule has 2 fully saturated rings. The average molecular weight is 543 g/mol. The number of benzene rings is 1. The normalized spacial score (nSPS) is 21.2. The molecule has 2 aliphatic rings. The molecule has 1 aliphatic heterocycles. The van der Waals surface area contributed by atoms with E-state index in [2.05, 4.69) is 28.0 Å². The number of alkyl halides is 3. The number of hydrogen-bond acceptors (Lipinski definition) is 4. The van der Waals surface area contributed by atoms with Crippen LogP contribution in [0.1, 0.15) is 43.0 Å². The van der Waals surface area contributed by atoms with Gasteiger partial charge in [-0.25, -0.2) is 4.79 Å². The van der Waals surface area contributed by atoms with Crippen molar-refractivity contribution in [3.05, 3.63) is 88.8 Å². The molecule has 2 atom stereocenters. The smallest absolute Gasteiger partial charge is 0.302 e. The maximum atomic E-state index is 12.9. The van der Waals surface area contributed by atoms with E-state index in [0.29, 0.717) is 29.6 Å². The molecule has 2 aromatic rings. The van der Waals surface area contributed by atoms with Gasteiger partial charge >= 0.3 is 11.9 Å². The fourth-order valence-electron chi connectivity index (χ4n) is 4.97. The summed E-state index contributed by atoms with van der Waals surface area (Å²) < 4.78 is 40.2. The van der Waals surface area contributed by atoms with Crippen LogP contribution in [0.3, 0.4) is 0 Å². The maximum Gasteiger partial charge on any atom is 0.416 e. The number of aryl methyl sites for hydroxylation is 1. The van der Waals surface area contributed by atoms with Gasteiger partial charge < -0.3 is 4.90 Å². The molecular weight excluding hydrogens is 512 g/mol. The van der Waals surface area contributed by atoms with Crippen LogP contribution in [0, 0.1) is 5.92 Å². The number of fused-ring (bicyclic) bond motifs is 1. The largest absolute Gasteiger partial charge is 0.416 e. The second kappa shape index (κ2) is 11.8. The Balaban J connectivity index is 0.00000228. The second-order valence-corrected chi connectivity index (χ2v) is 9.30. The molecule has 0 amide bonds. The Morgan fingerprint density at radius 3 is 2.44 bits per heavy atom. The van der Waals surface area contributed by atoms with Gasteiger partial charge in [0, 0.05) is 36.9 Å². The van der Waals surface area contributed by atoms with Gasteiger partial charge in [-0.15, -0.1) is 24.8 Å². The highest BCUT2D eigenvalue weighted by Crippen LogP contribution is 2.59. The highest BCUT2D eigenvalue weighted by Gasteiger charge is 2.60. The zero-order chi connectivity index (χ0) is 24.5. The quantitative estimate of drug-likeness (QED) is 0.303. The molecule has 1 aromatic carbocycles. The predicted molar refractivity (Wildman–Crippen MR) is 141 cm³/mol. The summed E-state index contributed by atoms with van der Waals surface area (Å²) in [5.41, 5.74) is 1.71. The average Bonchev–Trinajstić information content (AvgIpc) is 3.36. The van der Waals surface area contributed by atoms with Crippen molar-refractivity contribution in [2.45, 2.75) is 44.3 Å². The van der Waals surface area contributed by atoms with Crippen molar-refractivity contribution in [2.24, 2.45) is 10.9 Å². The van der Waals surface area contributed by atoms with Crippen LogP contribution in [0.5, 0.6) is 0 Å². The van der Waals surface area contributed by atoms with E-state index in [1.165, 1.54) is 12.1 Å². The van der Waals surface area contributed by atoms with Crippen LogP contribution in [0.2, 0.25) is 0 Å². The molecule has 10 heteroatoms. The Kier molecular flexibility index (Phi) is 9.73. The predicted octanol–water partition coefficient (Wildman–Crippen LogP) is 5.67. The van der Waals surface area contributed by atoms with E-state index >= 15 is 0 Å². The first-order valence-electron chi connectivity index (χ1n) is 11.5. The van der Waals surface area contributed by atoms with Gasteiger partial charge in [-0.2, -0.15) is 18.2 Å². The number of rotatable bonds is 9. The van der Waals surface area contributed by atoms with Crippen LogP contribution in [0.15, 0.2) is 71.2 Å². The number of piperidine rings is 1. The van der Waals surface area contributed by atoms with E-state index in [4.69, 9.17) is 0 Å². The van der Waals surface area contributed by atoms with Crippen LogP contribution < -0.4 is 5.69 Å². The van der Waals surface area contributed by atoms with Crippen LogP contribution in [-0.2, 0) is 18.1 Å². The van der Waals surface area contributed by atoms with Crippen molar-refractivity contribution >= 4 is 30.5 Å². The van der Waals surface area contributed by atoms with Crippen LogP contribution in [-0.4, -0.2) is 39.8 Å². The van der Waals surface area contributed by atoms with E-state index < -0.39 is 11.7 Å². The molecule has 1 aliphatic carbocycles. The number of aromatic nitrogens is 2. The summed E-state index contributed by atoms with van der Waals surface area (Å²) in [5, 5.41) is 0. The second-order valence-electron chi connectivity index (χ2n) is 9.30.